The number of hydrogen-bond acceptors (Lipinski definition) is 1. The van der Waals surface area contributed by atoms with Crippen LogP contribution in [0.25, 0.3) is 65.6 Å². The molecule has 7 rings (SSSR count). The fraction of sp³-hybridized carbons (Fsp3) is 0. The normalized spacial score (nSPS) is 11.6. The van der Waals surface area contributed by atoms with E-state index in [0.717, 1.165) is 65.0 Å². The smallest absolute Gasteiger partial charge is 0.0911 e. The summed E-state index contributed by atoms with van der Waals surface area (Å²) >= 11 is 0. The first-order valence-electron chi connectivity index (χ1n) is 12.1. The van der Waals surface area contributed by atoms with Crippen molar-refractivity contribution >= 4 is 67.8 Å². The first-order chi connectivity index (χ1) is 18.1. The molecule has 0 amide bonds. The van der Waals surface area contributed by atoms with E-state index in [0.29, 0.717) is 11.0 Å². The summed E-state index contributed by atoms with van der Waals surface area (Å²) in [6.07, 6.45) is 0. The summed E-state index contributed by atoms with van der Waals surface area (Å²) in [5.41, 5.74) is 6.75. The number of rotatable bonds is 3. The highest BCUT2D eigenvalue weighted by Gasteiger charge is 2.18. The lowest BCUT2D eigenvalue weighted by atomic mass is 9.95. The Labute approximate surface area is 218 Å². The number of aromatic nitrogens is 1. The SMILES string of the molecule is Fn1c2ccc(-c3cccc(-c4ccccc4N(P)P)c3)cc2c2c3ccccc3c3ccccc3c21. The van der Waals surface area contributed by atoms with Crippen LogP contribution in [0.5, 0.6) is 0 Å². The van der Waals surface area contributed by atoms with Gasteiger partial charge in [-0.3, -0.25) is 0 Å². The third kappa shape index (κ3) is 3.46. The van der Waals surface area contributed by atoms with Crippen LogP contribution in [0.2, 0.25) is 0 Å². The van der Waals surface area contributed by atoms with E-state index in [9.17, 15) is 0 Å². The Morgan fingerprint density at radius 3 is 1.95 bits per heavy atom. The van der Waals surface area contributed by atoms with E-state index in [1.807, 2.05) is 46.9 Å². The minimum Gasteiger partial charge on any atom is -0.340 e. The van der Waals surface area contributed by atoms with Crippen molar-refractivity contribution in [2.24, 2.45) is 0 Å². The van der Waals surface area contributed by atoms with Crippen LogP contribution in [0, 0.1) is 0 Å². The molecule has 178 valence electrons. The molecule has 0 N–H and O–H groups in total. The molecule has 0 aliphatic carbocycles. The highest BCUT2D eigenvalue weighted by molar-refractivity contribution is 7.39. The van der Waals surface area contributed by atoms with Crippen molar-refractivity contribution < 1.29 is 4.48 Å². The van der Waals surface area contributed by atoms with Crippen LogP contribution in [-0.2, 0) is 0 Å². The molecular formula is C32H23FN2P2. The van der Waals surface area contributed by atoms with Gasteiger partial charge in [0.15, 0.2) is 0 Å². The van der Waals surface area contributed by atoms with Gasteiger partial charge < -0.3 is 4.44 Å². The first kappa shape index (κ1) is 22.4. The Hall–Kier alpha value is -3.77. The number of halogens is 1. The van der Waals surface area contributed by atoms with Crippen LogP contribution in [0.1, 0.15) is 0 Å². The second kappa shape index (κ2) is 8.67. The van der Waals surface area contributed by atoms with Crippen LogP contribution >= 0.6 is 18.8 Å². The molecule has 0 saturated carbocycles. The van der Waals surface area contributed by atoms with Gasteiger partial charge >= 0.3 is 0 Å². The minimum atomic E-state index is 0.586. The Morgan fingerprint density at radius 2 is 1.16 bits per heavy atom. The molecule has 0 fully saturated rings. The lowest BCUT2D eigenvalue weighted by Crippen LogP contribution is -1.93. The first-order valence-corrected chi connectivity index (χ1v) is 13.2. The van der Waals surface area contributed by atoms with Crippen LogP contribution in [0.3, 0.4) is 0 Å². The molecule has 7 aromatic rings. The average Bonchev–Trinajstić information content (AvgIpc) is 3.25. The van der Waals surface area contributed by atoms with Gasteiger partial charge in [-0.05, 0) is 75.9 Å². The van der Waals surface area contributed by atoms with E-state index < -0.39 is 0 Å². The van der Waals surface area contributed by atoms with Gasteiger partial charge in [0, 0.05) is 21.7 Å². The van der Waals surface area contributed by atoms with E-state index in [-0.39, 0.29) is 0 Å². The van der Waals surface area contributed by atoms with Crippen molar-refractivity contribution in [3.8, 4) is 22.3 Å². The molecule has 2 atom stereocenters. The Bertz CT molecular complexity index is 1990. The summed E-state index contributed by atoms with van der Waals surface area (Å²) in [6, 6.07) is 39.3. The number of para-hydroxylation sites is 1. The third-order valence-electron chi connectivity index (χ3n) is 7.27. The maximum atomic E-state index is 15.9. The van der Waals surface area contributed by atoms with Crippen molar-refractivity contribution in [2.75, 3.05) is 4.44 Å². The maximum absolute atomic E-state index is 15.9. The standard InChI is InChI=1S/C32H23FN2P2/c33-34-29-17-16-21(20-8-7-9-22(18-20)23-10-5-6-15-30(23)35(36)37)19-28(29)31-26-13-3-1-11-24(26)25-12-2-4-14-27(25)32(31)34/h1-19H,36-37H2. The largest absolute Gasteiger partial charge is 0.340 e. The molecule has 5 heteroatoms. The molecule has 37 heavy (non-hydrogen) atoms. The van der Waals surface area contributed by atoms with Gasteiger partial charge in [0.1, 0.15) is 0 Å². The monoisotopic (exact) mass is 516 g/mol. The number of hydrogen-bond donors (Lipinski definition) is 0. The molecule has 0 spiro atoms. The summed E-state index contributed by atoms with van der Waals surface area (Å²) in [5.74, 6) is 0. The van der Waals surface area contributed by atoms with Crippen LogP contribution < -0.4 is 4.44 Å². The van der Waals surface area contributed by atoms with E-state index >= 15 is 4.48 Å². The summed E-state index contributed by atoms with van der Waals surface area (Å²) in [4.78, 5) is 0.863. The van der Waals surface area contributed by atoms with Crippen molar-refractivity contribution in [1.29, 1.82) is 0 Å². The Morgan fingerprint density at radius 1 is 0.541 bits per heavy atom. The zero-order valence-corrected chi connectivity index (χ0v) is 22.2. The molecule has 0 aliphatic rings. The van der Waals surface area contributed by atoms with Gasteiger partial charge in [-0.1, -0.05) is 95.5 Å². The average molecular weight is 516 g/mol. The summed E-state index contributed by atoms with van der Waals surface area (Å²) in [6.45, 7) is 0. The summed E-state index contributed by atoms with van der Waals surface area (Å²) < 4.78 is 17.9. The van der Waals surface area contributed by atoms with Crippen molar-refractivity contribution in [3.63, 3.8) is 0 Å². The number of nitrogens with zero attached hydrogens (tertiary/aromatic N) is 2. The minimum absolute atomic E-state index is 0.586. The summed E-state index contributed by atoms with van der Waals surface area (Å²) in [7, 11) is 5.40. The molecule has 1 aromatic heterocycles. The number of fused-ring (bicyclic) bond motifs is 8. The fourth-order valence-corrected chi connectivity index (χ4v) is 6.07. The second-order valence-electron chi connectivity index (χ2n) is 9.33. The van der Waals surface area contributed by atoms with E-state index in [1.165, 1.54) is 0 Å². The van der Waals surface area contributed by atoms with Gasteiger partial charge in [-0.15, -0.1) is 0 Å². The molecular weight excluding hydrogens is 493 g/mol. The molecule has 0 radical (unpaired) electrons. The number of anilines is 1. The Kier molecular flexibility index (Phi) is 5.25. The molecule has 2 nitrogen and oxygen atoms in total. The highest BCUT2D eigenvalue weighted by atomic mass is 31.1. The Balaban J connectivity index is 1.50. The number of benzene rings is 6. The molecule has 6 aromatic carbocycles. The lowest BCUT2D eigenvalue weighted by molar-refractivity contribution is 0.406. The quantitative estimate of drug-likeness (QED) is 0.168. The zero-order valence-electron chi connectivity index (χ0n) is 19.9. The van der Waals surface area contributed by atoms with Crippen LogP contribution in [-0.4, -0.2) is 4.79 Å². The van der Waals surface area contributed by atoms with Gasteiger partial charge in [0.2, 0.25) is 0 Å². The van der Waals surface area contributed by atoms with Crippen LogP contribution in [0.4, 0.5) is 10.2 Å². The highest BCUT2D eigenvalue weighted by Crippen LogP contribution is 2.42. The summed E-state index contributed by atoms with van der Waals surface area (Å²) in [5, 5.41) is 6.08. The second-order valence-corrected chi connectivity index (χ2v) is 11.0. The maximum Gasteiger partial charge on any atom is 0.0911 e. The van der Waals surface area contributed by atoms with Crippen LogP contribution in [0.15, 0.2) is 115 Å². The lowest BCUT2D eigenvalue weighted by Gasteiger charge is -2.17. The predicted octanol–water partition coefficient (Wildman–Crippen LogP) is 9.55. The predicted molar refractivity (Wildman–Crippen MR) is 164 cm³/mol. The van der Waals surface area contributed by atoms with Crippen molar-refractivity contribution in [1.82, 2.24) is 4.79 Å². The topological polar surface area (TPSA) is 8.17 Å². The molecule has 0 saturated heterocycles. The van der Waals surface area contributed by atoms with Gasteiger partial charge in [-0.2, -0.15) is 4.79 Å². The van der Waals surface area contributed by atoms with Gasteiger partial charge in [-0.25, -0.2) is 0 Å². The van der Waals surface area contributed by atoms with Gasteiger partial charge in [0.05, 0.1) is 16.7 Å². The van der Waals surface area contributed by atoms with Crippen molar-refractivity contribution in [3.05, 3.63) is 115 Å². The van der Waals surface area contributed by atoms with Crippen molar-refractivity contribution in [2.45, 2.75) is 0 Å². The molecule has 2 unspecified atom stereocenters. The van der Waals surface area contributed by atoms with Gasteiger partial charge in [0.25, 0.3) is 0 Å². The fourth-order valence-electron chi connectivity index (χ4n) is 5.62. The third-order valence-corrected chi connectivity index (χ3v) is 7.82. The van der Waals surface area contributed by atoms with E-state index in [4.69, 9.17) is 0 Å². The molecule has 0 bridgehead atoms. The molecule has 1 heterocycles. The molecule has 0 aliphatic heterocycles. The van der Waals surface area contributed by atoms with E-state index in [2.05, 4.69) is 91.6 Å². The zero-order chi connectivity index (χ0) is 25.1. The van der Waals surface area contributed by atoms with E-state index in [1.54, 1.807) is 0 Å².